The Morgan fingerprint density at radius 2 is 1.12 bits per heavy atom. The van der Waals surface area contributed by atoms with E-state index in [-0.39, 0.29) is 48.4 Å². The van der Waals surface area contributed by atoms with Gasteiger partial charge in [-0.25, -0.2) is 0 Å². The van der Waals surface area contributed by atoms with E-state index in [0.29, 0.717) is 76.0 Å². The summed E-state index contributed by atoms with van der Waals surface area (Å²) in [5.41, 5.74) is 1.99. The molecule has 50 heavy (non-hydrogen) atoms. The number of aliphatic hydroxyl groups is 2. The van der Waals surface area contributed by atoms with E-state index in [4.69, 9.17) is 19.7 Å². The van der Waals surface area contributed by atoms with E-state index in [2.05, 4.69) is 23.0 Å². The van der Waals surface area contributed by atoms with E-state index in [9.17, 15) is 20.4 Å². The Hall–Kier alpha value is -3.12. The second-order valence-corrected chi connectivity index (χ2v) is 15.4. The molecule has 4 heterocycles. The Bertz CT molecular complexity index is 1750. The highest BCUT2D eigenvalue weighted by molar-refractivity contribution is 5.98. The van der Waals surface area contributed by atoms with Crippen LogP contribution in [0.1, 0.15) is 60.8 Å². The lowest BCUT2D eigenvalue weighted by Gasteiger charge is -2.63. The van der Waals surface area contributed by atoms with Gasteiger partial charge in [0.15, 0.2) is 35.2 Å². The second kappa shape index (κ2) is 11.2. The highest BCUT2D eigenvalue weighted by Gasteiger charge is 2.74. The van der Waals surface area contributed by atoms with Gasteiger partial charge in [0.1, 0.15) is 0 Å². The SMILES string of the molecule is C=CCN1CC[C@]23c4c5ccc(O)c4O[C@H]2/C(=N\N=C2/CC[C@@]4(O)[C@H]6Cc7ccc(O)c8c7[C@@]4(CCN6CC=C)[C@H]2O8)CC[C@@]3(O)[C@H]1C5.Cl.Cl. The number of nitrogens with zero attached hydrogens (tertiary/aromatic N) is 4. The fourth-order valence-electron chi connectivity index (χ4n) is 12.0. The molecule has 10 nitrogen and oxygen atoms in total. The smallest absolute Gasteiger partial charge is 0.166 e. The van der Waals surface area contributed by atoms with Gasteiger partial charge in [0, 0.05) is 49.4 Å². The van der Waals surface area contributed by atoms with E-state index >= 15 is 0 Å². The van der Waals surface area contributed by atoms with Gasteiger partial charge in [-0.1, -0.05) is 24.3 Å². The number of benzene rings is 2. The third-order valence-corrected chi connectivity index (χ3v) is 13.8. The minimum absolute atomic E-state index is 0. The minimum Gasteiger partial charge on any atom is -0.504 e. The van der Waals surface area contributed by atoms with E-state index in [1.807, 2.05) is 24.3 Å². The maximum atomic E-state index is 12.7. The Morgan fingerprint density at radius 1 is 0.700 bits per heavy atom. The summed E-state index contributed by atoms with van der Waals surface area (Å²) in [7, 11) is 0. The number of phenols is 2. The van der Waals surface area contributed by atoms with Crippen molar-refractivity contribution in [2.24, 2.45) is 10.2 Å². The van der Waals surface area contributed by atoms with Crippen LogP contribution in [0.15, 0.2) is 59.8 Å². The van der Waals surface area contributed by atoms with E-state index < -0.39 is 34.2 Å². The predicted molar refractivity (Wildman–Crippen MR) is 194 cm³/mol. The summed E-state index contributed by atoms with van der Waals surface area (Å²) in [6, 6.07) is 7.18. The molecule has 0 radical (unpaired) electrons. The molecule has 266 valence electrons. The number of phenolic OH excluding ortho intramolecular Hbond substituents is 2. The lowest BCUT2D eigenvalue weighted by molar-refractivity contribution is -0.164. The zero-order valence-corrected chi connectivity index (χ0v) is 29.5. The first-order valence-corrected chi connectivity index (χ1v) is 17.5. The average molecular weight is 724 g/mol. The number of aromatic hydroxyl groups is 2. The summed E-state index contributed by atoms with van der Waals surface area (Å²) in [4.78, 5) is 4.68. The Morgan fingerprint density at radius 3 is 1.52 bits per heavy atom. The largest absolute Gasteiger partial charge is 0.504 e. The molecule has 0 aromatic heterocycles. The highest BCUT2D eigenvalue weighted by Crippen LogP contribution is 2.66. The van der Waals surface area contributed by atoms with Crippen molar-refractivity contribution in [3.05, 3.63) is 71.8 Å². The minimum atomic E-state index is -1.06. The monoisotopic (exact) mass is 722 g/mol. The molecule has 4 fully saturated rings. The van der Waals surface area contributed by atoms with Crippen LogP contribution in [-0.4, -0.2) is 103 Å². The quantitative estimate of drug-likeness (QED) is 0.268. The molecule has 10 rings (SSSR count). The summed E-state index contributed by atoms with van der Waals surface area (Å²) in [6.07, 6.45) is 7.42. The number of hydrogen-bond donors (Lipinski definition) is 4. The third-order valence-electron chi connectivity index (χ3n) is 13.8. The van der Waals surface area contributed by atoms with Crippen molar-refractivity contribution < 1.29 is 29.9 Å². The van der Waals surface area contributed by atoms with Crippen molar-refractivity contribution in [2.45, 2.75) is 97.7 Å². The van der Waals surface area contributed by atoms with Gasteiger partial charge >= 0.3 is 0 Å². The van der Waals surface area contributed by atoms with Crippen LogP contribution < -0.4 is 9.47 Å². The van der Waals surface area contributed by atoms with Crippen LogP contribution in [0, 0.1) is 0 Å². The van der Waals surface area contributed by atoms with Crippen molar-refractivity contribution in [3.63, 3.8) is 0 Å². The van der Waals surface area contributed by atoms with E-state index in [1.54, 1.807) is 12.1 Å². The molecule has 2 saturated carbocycles. The molecular formula is C38H44Cl2N4O6. The normalized spacial score (nSPS) is 39.7. The van der Waals surface area contributed by atoms with Crippen LogP contribution in [0.5, 0.6) is 23.0 Å². The zero-order chi connectivity index (χ0) is 32.8. The van der Waals surface area contributed by atoms with Gasteiger partial charge in [0.25, 0.3) is 0 Å². The maximum absolute atomic E-state index is 12.7. The van der Waals surface area contributed by atoms with Crippen LogP contribution in [0.25, 0.3) is 0 Å². The first-order chi connectivity index (χ1) is 23.2. The molecule has 12 heteroatoms. The Kier molecular flexibility index (Phi) is 7.61. The molecule has 4 N–H and O–H groups in total. The van der Waals surface area contributed by atoms with Crippen LogP contribution in [0.4, 0.5) is 0 Å². The van der Waals surface area contributed by atoms with E-state index in [0.717, 1.165) is 46.8 Å². The number of piperidine rings is 2. The number of ether oxygens (including phenoxy) is 2. The van der Waals surface area contributed by atoms with Crippen LogP contribution in [0.3, 0.4) is 0 Å². The fraction of sp³-hybridized carbons (Fsp3) is 0.526. The topological polar surface area (TPSA) is 131 Å². The standard InChI is InChI=1S/C38H42N4O6.2ClH/c1-3-15-41-17-13-35-29-21-5-7-25(43)31(29)47-33(35)23(9-11-37(35,45)27(41)19-21)39-40-24-10-12-38(46)28-20-22-6-8-26(44)32-30(22)36(38,34(24)48-32)14-18-42(28)16-4-2;;/h3-8,27-28,33-34,43-46H,1-2,9-20H2;2*1H/b39-23-,40-24+;;/t27-,28-,33+,34+,35+,36+,37-,38-;;/m1../s1. The molecule has 8 atom stereocenters. The number of hydrogen-bond acceptors (Lipinski definition) is 10. The molecule has 4 bridgehead atoms. The molecule has 2 aromatic rings. The van der Waals surface area contributed by atoms with Gasteiger partial charge in [0.2, 0.25) is 0 Å². The molecule has 8 aliphatic rings. The van der Waals surface area contributed by atoms with Gasteiger partial charge in [-0.15, -0.1) is 38.0 Å². The van der Waals surface area contributed by atoms with Crippen molar-refractivity contribution in [2.75, 3.05) is 26.2 Å². The van der Waals surface area contributed by atoms with Gasteiger partial charge in [-0.3, -0.25) is 9.80 Å². The summed E-state index contributed by atoms with van der Waals surface area (Å²) < 4.78 is 13.3. The number of likely N-dealkylation sites (tertiary alicyclic amines) is 2. The van der Waals surface area contributed by atoms with Crippen LogP contribution >= 0.6 is 24.8 Å². The molecule has 2 aromatic carbocycles. The summed E-state index contributed by atoms with van der Waals surface area (Å²) in [5.74, 6) is 1.11. The molecule has 0 unspecified atom stereocenters. The second-order valence-electron chi connectivity index (χ2n) is 15.4. The number of halogens is 2. The molecular weight excluding hydrogens is 679 g/mol. The van der Waals surface area contributed by atoms with Gasteiger partial charge in [-0.05, 0) is 74.6 Å². The van der Waals surface area contributed by atoms with Crippen LogP contribution in [0.2, 0.25) is 0 Å². The first-order valence-electron chi connectivity index (χ1n) is 17.5. The van der Waals surface area contributed by atoms with E-state index in [1.165, 1.54) is 0 Å². The van der Waals surface area contributed by atoms with Crippen molar-refractivity contribution in [3.8, 4) is 23.0 Å². The molecule has 0 amide bonds. The Labute approximate surface area is 304 Å². The summed E-state index contributed by atoms with van der Waals surface area (Å²) in [6.45, 7) is 10.9. The highest BCUT2D eigenvalue weighted by atomic mass is 35.5. The third kappa shape index (κ3) is 3.75. The molecule has 2 saturated heterocycles. The van der Waals surface area contributed by atoms with Crippen molar-refractivity contribution in [1.29, 1.82) is 0 Å². The Balaban J connectivity index is 0.00000180. The lowest BCUT2D eigenvalue weighted by Crippen LogP contribution is -2.76. The summed E-state index contributed by atoms with van der Waals surface area (Å²) >= 11 is 0. The average Bonchev–Trinajstić information content (AvgIpc) is 3.61. The predicted octanol–water partition coefficient (Wildman–Crippen LogP) is 4.12. The maximum Gasteiger partial charge on any atom is 0.166 e. The van der Waals surface area contributed by atoms with Gasteiger partial charge in [-0.2, -0.15) is 10.2 Å². The first kappa shape index (κ1) is 34.0. The molecule has 4 aliphatic heterocycles. The molecule has 4 aliphatic carbocycles. The number of rotatable bonds is 5. The van der Waals surface area contributed by atoms with Crippen LogP contribution in [-0.2, 0) is 23.7 Å². The summed E-state index contributed by atoms with van der Waals surface area (Å²) in [5, 5.41) is 57.4. The van der Waals surface area contributed by atoms with Gasteiger partial charge < -0.3 is 29.9 Å². The molecule has 2 spiro atoms. The van der Waals surface area contributed by atoms with Crippen molar-refractivity contribution >= 4 is 36.2 Å². The van der Waals surface area contributed by atoms with Gasteiger partial charge in [0.05, 0.1) is 33.5 Å². The lowest BCUT2D eigenvalue weighted by atomic mass is 9.48. The fourth-order valence-corrected chi connectivity index (χ4v) is 12.0. The van der Waals surface area contributed by atoms with Crippen molar-refractivity contribution in [1.82, 2.24) is 9.80 Å². The zero-order valence-electron chi connectivity index (χ0n) is 27.9.